The molecule has 1 aromatic heterocycles. The Morgan fingerprint density at radius 1 is 1.28 bits per heavy atom. The van der Waals surface area contributed by atoms with E-state index in [9.17, 15) is 0 Å². The summed E-state index contributed by atoms with van der Waals surface area (Å²) in [6.45, 7) is 2.43. The molecule has 2 aliphatic carbocycles. The lowest BCUT2D eigenvalue weighted by molar-refractivity contribution is 0.180. The molecule has 1 heterocycles. The maximum Gasteiger partial charge on any atom is 0.0330 e. The van der Waals surface area contributed by atoms with E-state index in [0.29, 0.717) is 6.04 Å². The highest BCUT2D eigenvalue weighted by Crippen LogP contribution is 2.32. The minimum Gasteiger partial charge on any atom is -0.328 e. The van der Waals surface area contributed by atoms with E-state index in [-0.39, 0.29) is 0 Å². The van der Waals surface area contributed by atoms with Gasteiger partial charge in [-0.05, 0) is 49.5 Å². The Hall–Kier alpha value is -0.380. The van der Waals surface area contributed by atoms with Crippen LogP contribution in [0.4, 0.5) is 0 Å². The Labute approximate surface area is 114 Å². The molecule has 100 valence electrons. The summed E-state index contributed by atoms with van der Waals surface area (Å²) in [5, 5.41) is 2.19. The zero-order valence-electron chi connectivity index (χ0n) is 11.1. The molecule has 1 aromatic rings. The largest absolute Gasteiger partial charge is 0.328 e. The number of hydrogen-bond donors (Lipinski definition) is 1. The van der Waals surface area contributed by atoms with E-state index in [1.165, 1.54) is 49.9 Å². The number of thiophene rings is 1. The van der Waals surface area contributed by atoms with Crippen molar-refractivity contribution in [3.05, 3.63) is 22.4 Å². The molecule has 2 atom stereocenters. The van der Waals surface area contributed by atoms with Crippen molar-refractivity contribution in [1.29, 1.82) is 0 Å². The van der Waals surface area contributed by atoms with Crippen LogP contribution in [-0.4, -0.2) is 23.5 Å². The maximum absolute atomic E-state index is 6.11. The first kappa shape index (κ1) is 12.6. The SMILES string of the molecule is NC1CCCC(CN(Cc2cccs2)C2CC2)C1. The van der Waals surface area contributed by atoms with Gasteiger partial charge in [0.1, 0.15) is 0 Å². The molecule has 2 N–H and O–H groups in total. The van der Waals surface area contributed by atoms with Crippen LogP contribution in [0.15, 0.2) is 17.5 Å². The second-order valence-corrected chi connectivity index (χ2v) is 7.06. The molecule has 2 nitrogen and oxygen atoms in total. The Kier molecular flexibility index (Phi) is 4.02. The number of nitrogens with two attached hydrogens (primary N) is 1. The third-order valence-corrected chi connectivity index (χ3v) is 5.18. The molecule has 0 saturated heterocycles. The molecule has 2 saturated carbocycles. The van der Waals surface area contributed by atoms with Gasteiger partial charge in [-0.3, -0.25) is 4.90 Å². The summed E-state index contributed by atoms with van der Waals surface area (Å²) in [4.78, 5) is 4.23. The highest BCUT2D eigenvalue weighted by molar-refractivity contribution is 7.09. The van der Waals surface area contributed by atoms with E-state index < -0.39 is 0 Å². The summed E-state index contributed by atoms with van der Waals surface area (Å²) in [5.41, 5.74) is 6.11. The molecule has 0 radical (unpaired) electrons. The van der Waals surface area contributed by atoms with Crippen molar-refractivity contribution in [2.45, 2.75) is 57.2 Å². The fourth-order valence-electron chi connectivity index (χ4n) is 3.22. The number of hydrogen-bond acceptors (Lipinski definition) is 3. The third-order valence-electron chi connectivity index (χ3n) is 4.32. The minimum atomic E-state index is 0.464. The first-order chi connectivity index (χ1) is 8.81. The van der Waals surface area contributed by atoms with Gasteiger partial charge in [-0.2, -0.15) is 0 Å². The first-order valence-corrected chi connectivity index (χ1v) is 8.21. The number of nitrogens with zero attached hydrogens (tertiary/aromatic N) is 1. The molecule has 2 fully saturated rings. The second-order valence-electron chi connectivity index (χ2n) is 6.03. The van der Waals surface area contributed by atoms with E-state index in [1.807, 2.05) is 11.3 Å². The predicted octanol–water partition coefficient (Wildman–Crippen LogP) is 3.23. The third kappa shape index (κ3) is 3.34. The average molecular weight is 264 g/mol. The van der Waals surface area contributed by atoms with Crippen molar-refractivity contribution in [2.24, 2.45) is 11.7 Å². The van der Waals surface area contributed by atoms with E-state index in [1.54, 1.807) is 0 Å². The predicted molar refractivity (Wildman–Crippen MR) is 77.7 cm³/mol. The quantitative estimate of drug-likeness (QED) is 0.884. The van der Waals surface area contributed by atoms with Crippen LogP contribution < -0.4 is 5.73 Å². The van der Waals surface area contributed by atoms with Gasteiger partial charge < -0.3 is 5.73 Å². The van der Waals surface area contributed by atoms with Crippen molar-refractivity contribution in [2.75, 3.05) is 6.54 Å². The second kappa shape index (κ2) is 5.72. The molecule has 0 aliphatic heterocycles. The zero-order chi connectivity index (χ0) is 12.4. The summed E-state index contributed by atoms with van der Waals surface area (Å²) in [6, 6.07) is 5.77. The van der Waals surface area contributed by atoms with Gasteiger partial charge >= 0.3 is 0 Å². The summed E-state index contributed by atoms with van der Waals surface area (Å²) in [5.74, 6) is 0.842. The molecule has 0 amide bonds. The fourth-order valence-corrected chi connectivity index (χ4v) is 3.94. The summed E-state index contributed by atoms with van der Waals surface area (Å²) in [6.07, 6.45) is 8.03. The van der Waals surface area contributed by atoms with Crippen LogP contribution in [0.1, 0.15) is 43.4 Å². The molecule has 0 bridgehead atoms. The summed E-state index contributed by atoms with van der Waals surface area (Å²) >= 11 is 1.89. The minimum absolute atomic E-state index is 0.464. The van der Waals surface area contributed by atoms with E-state index >= 15 is 0 Å². The van der Waals surface area contributed by atoms with Gasteiger partial charge in [-0.15, -0.1) is 11.3 Å². The number of rotatable bonds is 5. The van der Waals surface area contributed by atoms with Crippen molar-refractivity contribution < 1.29 is 0 Å². The topological polar surface area (TPSA) is 29.3 Å². The van der Waals surface area contributed by atoms with Crippen molar-refractivity contribution >= 4 is 11.3 Å². The van der Waals surface area contributed by atoms with Crippen LogP contribution in [0.5, 0.6) is 0 Å². The first-order valence-electron chi connectivity index (χ1n) is 7.33. The van der Waals surface area contributed by atoms with E-state index in [4.69, 9.17) is 5.73 Å². The van der Waals surface area contributed by atoms with Crippen LogP contribution >= 0.6 is 11.3 Å². The lowest BCUT2D eigenvalue weighted by Gasteiger charge is -2.32. The van der Waals surface area contributed by atoms with Crippen LogP contribution in [0.2, 0.25) is 0 Å². The van der Waals surface area contributed by atoms with Crippen LogP contribution in [0, 0.1) is 5.92 Å². The molecular formula is C15H24N2S. The standard InChI is InChI=1S/C15H24N2S/c16-13-4-1-3-12(9-13)10-17(14-6-7-14)11-15-5-2-8-18-15/h2,5,8,12-14H,1,3-4,6-7,9-11,16H2. The Bertz CT molecular complexity index is 359. The van der Waals surface area contributed by atoms with Gasteiger partial charge in [0, 0.05) is 30.1 Å². The average Bonchev–Trinajstić information content (AvgIpc) is 3.08. The lowest BCUT2D eigenvalue weighted by atomic mass is 9.86. The van der Waals surface area contributed by atoms with Crippen molar-refractivity contribution in [1.82, 2.24) is 4.90 Å². The Balaban J connectivity index is 1.56. The van der Waals surface area contributed by atoms with Crippen LogP contribution in [0.25, 0.3) is 0 Å². The van der Waals surface area contributed by atoms with Gasteiger partial charge in [0.15, 0.2) is 0 Å². The van der Waals surface area contributed by atoms with E-state index in [2.05, 4.69) is 22.4 Å². The van der Waals surface area contributed by atoms with Gasteiger partial charge in [-0.25, -0.2) is 0 Å². The molecule has 0 aromatic carbocycles. The maximum atomic E-state index is 6.11. The Morgan fingerprint density at radius 3 is 2.83 bits per heavy atom. The van der Waals surface area contributed by atoms with Crippen LogP contribution in [0.3, 0.4) is 0 Å². The zero-order valence-corrected chi connectivity index (χ0v) is 11.9. The highest BCUT2D eigenvalue weighted by atomic mass is 32.1. The summed E-state index contributed by atoms with van der Waals surface area (Å²) < 4.78 is 0. The van der Waals surface area contributed by atoms with Crippen molar-refractivity contribution in [3.8, 4) is 0 Å². The smallest absolute Gasteiger partial charge is 0.0330 e. The van der Waals surface area contributed by atoms with Crippen molar-refractivity contribution in [3.63, 3.8) is 0 Å². The molecule has 0 spiro atoms. The molecule has 3 rings (SSSR count). The molecule has 18 heavy (non-hydrogen) atoms. The fraction of sp³-hybridized carbons (Fsp3) is 0.733. The van der Waals surface area contributed by atoms with Gasteiger partial charge in [-0.1, -0.05) is 12.5 Å². The van der Waals surface area contributed by atoms with Crippen LogP contribution in [-0.2, 0) is 6.54 Å². The monoisotopic (exact) mass is 264 g/mol. The molecule has 2 aliphatic rings. The Morgan fingerprint density at radius 2 is 2.17 bits per heavy atom. The summed E-state index contributed by atoms with van der Waals surface area (Å²) in [7, 11) is 0. The highest BCUT2D eigenvalue weighted by Gasteiger charge is 2.31. The van der Waals surface area contributed by atoms with Gasteiger partial charge in [0.2, 0.25) is 0 Å². The molecule has 3 heteroatoms. The van der Waals surface area contributed by atoms with E-state index in [0.717, 1.165) is 18.5 Å². The molecular weight excluding hydrogens is 240 g/mol. The van der Waals surface area contributed by atoms with Gasteiger partial charge in [0.05, 0.1) is 0 Å². The van der Waals surface area contributed by atoms with Gasteiger partial charge in [0.25, 0.3) is 0 Å². The lowest BCUT2D eigenvalue weighted by Crippen LogP contribution is -2.36. The molecule has 2 unspecified atom stereocenters. The normalized spacial score (nSPS) is 28.8.